The Bertz CT molecular complexity index is 656. The molecule has 0 aromatic carbocycles. The molecule has 2 aliphatic rings. The van der Waals surface area contributed by atoms with Gasteiger partial charge in [0.15, 0.2) is 5.82 Å². The Hall–Kier alpha value is -1.92. The highest BCUT2D eigenvalue weighted by Gasteiger charge is 2.48. The second kappa shape index (κ2) is 5.94. The molecule has 4 rings (SSSR count). The Morgan fingerprint density at radius 1 is 1.35 bits per heavy atom. The average Bonchev–Trinajstić information content (AvgIpc) is 3.02. The summed E-state index contributed by atoms with van der Waals surface area (Å²) in [4.78, 5) is 6.25. The van der Waals surface area contributed by atoms with E-state index in [0.717, 1.165) is 38.2 Å². The lowest BCUT2D eigenvalue weighted by atomic mass is 9.84. The second-order valence-electron chi connectivity index (χ2n) is 6.28. The summed E-state index contributed by atoms with van der Waals surface area (Å²) >= 11 is 0. The van der Waals surface area contributed by atoms with Crippen LogP contribution in [0.5, 0.6) is 5.88 Å². The molecule has 0 saturated carbocycles. The zero-order valence-electron chi connectivity index (χ0n) is 12.8. The van der Waals surface area contributed by atoms with Crippen LogP contribution in [-0.2, 0) is 11.3 Å². The van der Waals surface area contributed by atoms with Crippen molar-refractivity contribution in [1.29, 1.82) is 0 Å². The summed E-state index contributed by atoms with van der Waals surface area (Å²) in [5.74, 6) is 0.626. The minimum Gasteiger partial charge on any atom is -0.472 e. The summed E-state index contributed by atoms with van der Waals surface area (Å²) in [7, 11) is 0. The molecule has 2 aliphatic heterocycles. The zero-order valence-corrected chi connectivity index (χ0v) is 12.8. The van der Waals surface area contributed by atoms with Crippen LogP contribution in [0.3, 0.4) is 0 Å². The molecule has 2 fully saturated rings. The summed E-state index contributed by atoms with van der Waals surface area (Å²) in [5.41, 5.74) is -0.180. The van der Waals surface area contributed by atoms with Crippen molar-refractivity contribution in [3.05, 3.63) is 48.3 Å². The number of furan rings is 1. The first-order valence-electron chi connectivity index (χ1n) is 7.88. The smallest absolute Gasteiger partial charge is 0.250 e. The van der Waals surface area contributed by atoms with Crippen molar-refractivity contribution in [2.45, 2.75) is 31.1 Å². The highest BCUT2D eigenvalue weighted by atomic mass is 19.1. The normalized spacial score (nSPS) is 23.6. The highest BCUT2D eigenvalue weighted by Crippen LogP contribution is 2.36. The molecule has 0 bridgehead atoms. The number of likely N-dealkylation sites (tertiary alicyclic amines) is 1. The second-order valence-corrected chi connectivity index (χ2v) is 6.28. The number of nitrogens with zero attached hydrogens (tertiary/aromatic N) is 2. The Kier molecular flexibility index (Phi) is 3.79. The van der Waals surface area contributed by atoms with Crippen LogP contribution in [0.1, 0.15) is 18.6 Å². The highest BCUT2D eigenvalue weighted by molar-refractivity contribution is 5.14. The quantitative estimate of drug-likeness (QED) is 0.867. The number of hydrogen-bond acceptors (Lipinski definition) is 5. The molecule has 0 aliphatic carbocycles. The third-order valence-corrected chi connectivity index (χ3v) is 4.43. The summed E-state index contributed by atoms with van der Waals surface area (Å²) in [5, 5.41) is 0. The monoisotopic (exact) mass is 318 g/mol. The minimum absolute atomic E-state index is 0.0566. The maximum absolute atomic E-state index is 13.7. The molecule has 2 aromatic heterocycles. The van der Waals surface area contributed by atoms with E-state index in [1.54, 1.807) is 18.5 Å². The number of aromatic nitrogens is 1. The van der Waals surface area contributed by atoms with Gasteiger partial charge in [-0.05, 0) is 24.3 Å². The van der Waals surface area contributed by atoms with Crippen molar-refractivity contribution >= 4 is 0 Å². The Morgan fingerprint density at radius 2 is 2.26 bits per heavy atom. The maximum atomic E-state index is 13.7. The van der Waals surface area contributed by atoms with Gasteiger partial charge < -0.3 is 13.9 Å². The first kappa shape index (κ1) is 14.7. The van der Waals surface area contributed by atoms with Gasteiger partial charge in [-0.2, -0.15) is 0 Å². The molecule has 6 heteroatoms. The lowest BCUT2D eigenvalue weighted by molar-refractivity contribution is -0.189. The molecule has 0 unspecified atom stereocenters. The van der Waals surface area contributed by atoms with Crippen LogP contribution in [0.2, 0.25) is 0 Å². The number of ether oxygens (including phenoxy) is 2. The standard InChI is InChI=1S/C17H19FN2O3/c18-15-4-1-6-19-16(15)23-13-5-8-22-17(9-13)11-20(12-17)10-14-3-2-7-21-14/h1-4,6-7,13H,5,8-12H2/t13-/m0/s1. The van der Waals surface area contributed by atoms with Gasteiger partial charge in [-0.25, -0.2) is 9.37 Å². The predicted molar refractivity (Wildman–Crippen MR) is 80.5 cm³/mol. The van der Waals surface area contributed by atoms with Crippen molar-refractivity contribution in [2.24, 2.45) is 0 Å². The van der Waals surface area contributed by atoms with E-state index >= 15 is 0 Å². The first-order chi connectivity index (χ1) is 11.2. The summed E-state index contributed by atoms with van der Waals surface area (Å²) < 4.78 is 30.8. The molecule has 2 saturated heterocycles. The molecule has 5 nitrogen and oxygen atoms in total. The molecular formula is C17H19FN2O3. The van der Waals surface area contributed by atoms with Crippen LogP contribution >= 0.6 is 0 Å². The van der Waals surface area contributed by atoms with Crippen molar-refractivity contribution < 1.29 is 18.3 Å². The molecule has 2 aromatic rings. The summed E-state index contributed by atoms with van der Waals surface area (Å²) in [6, 6.07) is 6.80. The van der Waals surface area contributed by atoms with E-state index in [9.17, 15) is 4.39 Å². The number of hydrogen-bond donors (Lipinski definition) is 0. The maximum Gasteiger partial charge on any atom is 0.250 e. The third kappa shape index (κ3) is 3.09. The van der Waals surface area contributed by atoms with Crippen molar-refractivity contribution in [1.82, 2.24) is 9.88 Å². The van der Waals surface area contributed by atoms with Crippen LogP contribution in [-0.4, -0.2) is 41.3 Å². The zero-order chi connectivity index (χ0) is 15.7. The van der Waals surface area contributed by atoms with Crippen LogP contribution < -0.4 is 4.74 Å². The van der Waals surface area contributed by atoms with Gasteiger partial charge in [-0.3, -0.25) is 4.90 Å². The molecule has 23 heavy (non-hydrogen) atoms. The Morgan fingerprint density at radius 3 is 3.04 bits per heavy atom. The molecule has 4 heterocycles. The van der Waals surface area contributed by atoms with Gasteiger partial charge >= 0.3 is 0 Å². The largest absolute Gasteiger partial charge is 0.472 e. The third-order valence-electron chi connectivity index (χ3n) is 4.43. The lowest BCUT2D eigenvalue weighted by Gasteiger charge is -2.52. The van der Waals surface area contributed by atoms with E-state index in [4.69, 9.17) is 13.9 Å². The van der Waals surface area contributed by atoms with Gasteiger partial charge in [0.25, 0.3) is 5.88 Å². The molecule has 0 N–H and O–H groups in total. The topological polar surface area (TPSA) is 47.7 Å². The van der Waals surface area contributed by atoms with Crippen LogP contribution in [0.4, 0.5) is 4.39 Å². The van der Waals surface area contributed by atoms with Gasteiger partial charge in [0.2, 0.25) is 0 Å². The Balaban J connectivity index is 1.34. The fourth-order valence-electron chi connectivity index (χ4n) is 3.42. The number of pyridine rings is 1. The average molecular weight is 318 g/mol. The summed E-state index contributed by atoms with van der Waals surface area (Å²) in [6.07, 6.45) is 4.70. The van der Waals surface area contributed by atoms with E-state index in [1.807, 2.05) is 12.1 Å². The molecule has 1 atom stereocenters. The van der Waals surface area contributed by atoms with E-state index in [2.05, 4.69) is 9.88 Å². The molecule has 1 spiro atoms. The van der Waals surface area contributed by atoms with Gasteiger partial charge in [0.1, 0.15) is 11.9 Å². The Labute approximate surface area is 134 Å². The predicted octanol–water partition coefficient (Wildman–Crippen LogP) is 2.63. The van der Waals surface area contributed by atoms with Gasteiger partial charge in [0.05, 0.1) is 25.0 Å². The van der Waals surface area contributed by atoms with Gasteiger partial charge in [0, 0.05) is 32.1 Å². The van der Waals surface area contributed by atoms with Crippen LogP contribution in [0.15, 0.2) is 41.1 Å². The van der Waals surface area contributed by atoms with E-state index in [1.165, 1.54) is 6.07 Å². The molecule has 0 amide bonds. The summed E-state index contributed by atoms with van der Waals surface area (Å²) in [6.45, 7) is 3.11. The minimum atomic E-state index is -0.416. The SMILES string of the molecule is Fc1cccnc1O[C@H]1CCOC2(C1)CN(Cc1ccco1)C2. The molecule has 122 valence electrons. The van der Waals surface area contributed by atoms with E-state index in [-0.39, 0.29) is 17.6 Å². The van der Waals surface area contributed by atoms with Crippen molar-refractivity contribution in [2.75, 3.05) is 19.7 Å². The van der Waals surface area contributed by atoms with E-state index in [0.29, 0.717) is 6.61 Å². The van der Waals surface area contributed by atoms with Crippen molar-refractivity contribution in [3.63, 3.8) is 0 Å². The first-order valence-corrected chi connectivity index (χ1v) is 7.88. The van der Waals surface area contributed by atoms with Crippen LogP contribution in [0, 0.1) is 5.82 Å². The fourth-order valence-corrected chi connectivity index (χ4v) is 3.42. The molecular weight excluding hydrogens is 299 g/mol. The number of halogens is 1. The molecule has 0 radical (unpaired) electrons. The van der Waals surface area contributed by atoms with Crippen molar-refractivity contribution in [3.8, 4) is 5.88 Å². The number of rotatable bonds is 4. The van der Waals surface area contributed by atoms with E-state index < -0.39 is 5.82 Å². The van der Waals surface area contributed by atoms with Crippen LogP contribution in [0.25, 0.3) is 0 Å². The fraction of sp³-hybridized carbons (Fsp3) is 0.471. The lowest BCUT2D eigenvalue weighted by Crippen LogP contribution is -2.65. The van der Waals surface area contributed by atoms with Gasteiger partial charge in [-0.1, -0.05) is 0 Å². The van der Waals surface area contributed by atoms with Gasteiger partial charge in [-0.15, -0.1) is 0 Å².